The summed E-state index contributed by atoms with van der Waals surface area (Å²) < 4.78 is 11.9. The van der Waals surface area contributed by atoms with Crippen molar-refractivity contribution in [2.24, 2.45) is 0 Å². The lowest BCUT2D eigenvalue weighted by Crippen LogP contribution is -2.01. The lowest BCUT2D eigenvalue weighted by molar-refractivity contribution is 0.0697. The summed E-state index contributed by atoms with van der Waals surface area (Å²) in [6.07, 6.45) is 2.81. The topological polar surface area (TPSA) is 72.6 Å². The van der Waals surface area contributed by atoms with Crippen molar-refractivity contribution in [3.63, 3.8) is 0 Å². The Balaban J connectivity index is 1.42. The number of carbonyl (C=O) groups is 1. The molecule has 36 heavy (non-hydrogen) atoms. The van der Waals surface area contributed by atoms with Crippen LogP contribution in [0.4, 0.5) is 0 Å². The number of hydrogen-bond donors (Lipinski definition) is 1. The molecule has 1 N–H and O–H groups in total. The Hall–Kier alpha value is -3.54. The van der Waals surface area contributed by atoms with Crippen LogP contribution in [0.3, 0.4) is 0 Å². The normalized spacial score (nSPS) is 12.5. The Kier molecular flexibility index (Phi) is 6.61. The van der Waals surface area contributed by atoms with E-state index in [-0.39, 0.29) is 18.1 Å². The van der Waals surface area contributed by atoms with Gasteiger partial charge in [0.05, 0.1) is 21.2 Å². The maximum Gasteiger partial charge on any atom is 0.335 e. The second-order valence-corrected chi connectivity index (χ2v) is 9.82. The molecule has 1 aliphatic rings. The highest BCUT2D eigenvalue weighted by molar-refractivity contribution is 6.39. The van der Waals surface area contributed by atoms with Gasteiger partial charge in [-0.15, -0.1) is 0 Å². The number of hydrogen-bond acceptors (Lipinski definition) is 4. The number of halogens is 2. The highest BCUT2D eigenvalue weighted by atomic mass is 35.5. The van der Waals surface area contributed by atoms with Crippen molar-refractivity contribution in [3.8, 4) is 17.0 Å². The Morgan fingerprint density at radius 1 is 1.08 bits per heavy atom. The molecular weight excluding hydrogens is 497 g/mol. The molecular formula is C29H23Cl2NO4. The zero-order chi connectivity index (χ0) is 25.4. The summed E-state index contributed by atoms with van der Waals surface area (Å²) in [6, 6.07) is 18.3. The molecule has 5 nitrogen and oxygen atoms in total. The van der Waals surface area contributed by atoms with Crippen molar-refractivity contribution >= 4 is 40.8 Å². The second-order valence-electron chi connectivity index (χ2n) is 9.01. The Labute approximate surface area is 218 Å². The van der Waals surface area contributed by atoms with E-state index in [1.54, 1.807) is 36.4 Å². The Morgan fingerprint density at radius 2 is 1.83 bits per heavy atom. The summed E-state index contributed by atoms with van der Waals surface area (Å²) in [5.41, 5.74) is 6.47. The fourth-order valence-corrected chi connectivity index (χ4v) is 5.01. The monoisotopic (exact) mass is 519 g/mol. The van der Waals surface area contributed by atoms with Gasteiger partial charge in [-0.2, -0.15) is 0 Å². The molecule has 0 aliphatic heterocycles. The molecule has 7 heteroatoms. The van der Waals surface area contributed by atoms with Crippen LogP contribution in [0.1, 0.15) is 58.1 Å². The molecule has 1 aromatic heterocycles. The minimum absolute atomic E-state index is 0.0955. The summed E-state index contributed by atoms with van der Waals surface area (Å²) in [4.78, 5) is 11.4. The molecule has 0 unspecified atom stereocenters. The first-order valence-electron chi connectivity index (χ1n) is 11.5. The van der Waals surface area contributed by atoms with Crippen molar-refractivity contribution in [1.82, 2.24) is 5.16 Å². The fourth-order valence-electron chi connectivity index (χ4n) is 4.43. The average molecular weight is 520 g/mol. The van der Waals surface area contributed by atoms with Crippen molar-refractivity contribution in [3.05, 3.63) is 104 Å². The average Bonchev–Trinajstić information content (AvgIpc) is 3.47. The van der Waals surface area contributed by atoms with Crippen molar-refractivity contribution in [2.45, 2.75) is 32.8 Å². The predicted molar refractivity (Wildman–Crippen MR) is 142 cm³/mol. The van der Waals surface area contributed by atoms with E-state index in [9.17, 15) is 9.90 Å². The number of allylic oxidation sites excluding steroid dienone is 1. The first kappa shape index (κ1) is 24.2. The molecule has 0 saturated carbocycles. The highest BCUT2D eigenvalue weighted by Crippen LogP contribution is 2.39. The van der Waals surface area contributed by atoms with E-state index < -0.39 is 5.97 Å². The molecule has 4 aromatic rings. The predicted octanol–water partition coefficient (Wildman–Crippen LogP) is 8.15. The van der Waals surface area contributed by atoms with Gasteiger partial charge < -0.3 is 14.4 Å². The number of rotatable bonds is 7. The molecule has 0 bridgehead atoms. The summed E-state index contributed by atoms with van der Waals surface area (Å²) in [6.45, 7) is 4.30. The van der Waals surface area contributed by atoms with Gasteiger partial charge in [-0.05, 0) is 65.1 Å². The molecule has 5 rings (SSSR count). The van der Waals surface area contributed by atoms with Crippen LogP contribution in [0.15, 0.2) is 65.2 Å². The second kappa shape index (κ2) is 9.84. The van der Waals surface area contributed by atoms with E-state index in [0.717, 1.165) is 40.0 Å². The van der Waals surface area contributed by atoms with Crippen LogP contribution in [-0.4, -0.2) is 16.2 Å². The number of benzene rings is 3. The van der Waals surface area contributed by atoms with Crippen LogP contribution < -0.4 is 4.74 Å². The summed E-state index contributed by atoms with van der Waals surface area (Å²) in [7, 11) is 0. The Bertz CT molecular complexity index is 1480. The van der Waals surface area contributed by atoms with E-state index in [0.29, 0.717) is 27.1 Å². The number of carboxylic acid groups (broad SMARTS) is 1. The van der Waals surface area contributed by atoms with Gasteiger partial charge in [0.25, 0.3) is 0 Å². The number of ether oxygens (including phenoxy) is 1. The van der Waals surface area contributed by atoms with E-state index in [4.69, 9.17) is 32.5 Å². The van der Waals surface area contributed by atoms with E-state index in [1.165, 1.54) is 0 Å². The van der Waals surface area contributed by atoms with Gasteiger partial charge in [-0.1, -0.05) is 72.5 Å². The molecule has 0 radical (unpaired) electrons. The van der Waals surface area contributed by atoms with Crippen molar-refractivity contribution < 1.29 is 19.2 Å². The summed E-state index contributed by atoms with van der Waals surface area (Å²) in [5.74, 6) is 0.592. The molecule has 182 valence electrons. The minimum Gasteiger partial charge on any atom is -0.489 e. The summed E-state index contributed by atoms with van der Waals surface area (Å²) in [5, 5.41) is 14.6. The Morgan fingerprint density at radius 3 is 2.56 bits per heavy atom. The first-order valence-corrected chi connectivity index (χ1v) is 12.3. The number of aromatic carboxylic acids is 1. The van der Waals surface area contributed by atoms with Gasteiger partial charge in [-0.3, -0.25) is 0 Å². The van der Waals surface area contributed by atoms with E-state index >= 15 is 0 Å². The largest absolute Gasteiger partial charge is 0.489 e. The molecule has 0 fully saturated rings. The molecule has 1 aliphatic carbocycles. The zero-order valence-electron chi connectivity index (χ0n) is 19.7. The SMILES string of the molecule is CC(C)c1onc(-c2c(Cl)cccc2Cl)c1COc1ccc2c(c1)C=C(c1cccc(C(=O)O)c1)C2. The van der Waals surface area contributed by atoms with Gasteiger partial charge >= 0.3 is 5.97 Å². The molecule has 0 atom stereocenters. The molecule has 3 aromatic carbocycles. The maximum atomic E-state index is 11.4. The van der Waals surface area contributed by atoms with Crippen LogP contribution in [0, 0.1) is 0 Å². The zero-order valence-corrected chi connectivity index (χ0v) is 21.2. The molecule has 0 saturated heterocycles. The van der Waals surface area contributed by atoms with Crippen molar-refractivity contribution in [2.75, 3.05) is 0 Å². The number of fused-ring (bicyclic) bond motifs is 1. The smallest absolute Gasteiger partial charge is 0.335 e. The van der Waals surface area contributed by atoms with Crippen LogP contribution in [0.25, 0.3) is 22.9 Å². The van der Waals surface area contributed by atoms with Gasteiger partial charge in [0.15, 0.2) is 0 Å². The number of nitrogens with zero attached hydrogens (tertiary/aromatic N) is 1. The molecule has 0 spiro atoms. The molecule has 1 heterocycles. The third kappa shape index (κ3) is 4.64. The maximum absolute atomic E-state index is 11.4. The van der Waals surface area contributed by atoms with Gasteiger partial charge in [0.1, 0.15) is 23.8 Å². The van der Waals surface area contributed by atoms with Crippen LogP contribution in [0.2, 0.25) is 10.0 Å². The third-order valence-corrected chi connectivity index (χ3v) is 6.86. The van der Waals surface area contributed by atoms with Gasteiger partial charge in [-0.25, -0.2) is 4.79 Å². The summed E-state index contributed by atoms with van der Waals surface area (Å²) >= 11 is 12.9. The number of carboxylic acids is 1. The standard InChI is InChI=1S/C29H23Cl2NO4/c1-16(2)28-23(27(32-36-28)26-24(30)7-4-8-25(26)31)15-35-22-10-9-18-12-20(13-21(18)14-22)17-5-3-6-19(11-17)29(33)34/h3-11,13-14,16H,12,15H2,1-2H3,(H,33,34). The molecule has 0 amide bonds. The van der Waals surface area contributed by atoms with Gasteiger partial charge in [0.2, 0.25) is 0 Å². The number of aromatic nitrogens is 1. The van der Waals surface area contributed by atoms with Gasteiger partial charge in [0, 0.05) is 11.5 Å². The highest BCUT2D eigenvalue weighted by Gasteiger charge is 2.24. The lowest BCUT2D eigenvalue weighted by atomic mass is 10.0. The van der Waals surface area contributed by atoms with E-state index in [2.05, 4.69) is 11.2 Å². The van der Waals surface area contributed by atoms with E-state index in [1.807, 2.05) is 38.1 Å². The fraction of sp³-hybridized carbons (Fsp3) is 0.172. The van der Waals surface area contributed by atoms with Crippen LogP contribution in [-0.2, 0) is 13.0 Å². The lowest BCUT2D eigenvalue weighted by Gasteiger charge is -2.11. The quantitative estimate of drug-likeness (QED) is 0.266. The minimum atomic E-state index is -0.935. The van der Waals surface area contributed by atoms with Crippen molar-refractivity contribution in [1.29, 1.82) is 0 Å². The van der Waals surface area contributed by atoms with Crippen LogP contribution >= 0.6 is 23.2 Å². The third-order valence-electron chi connectivity index (χ3n) is 6.23. The van der Waals surface area contributed by atoms with Crippen LogP contribution in [0.5, 0.6) is 5.75 Å². The first-order chi connectivity index (χ1) is 17.3.